The van der Waals surface area contributed by atoms with Gasteiger partial charge in [0.2, 0.25) is 0 Å². The van der Waals surface area contributed by atoms with Crippen LogP contribution in [0.5, 0.6) is 28.7 Å². The van der Waals surface area contributed by atoms with Gasteiger partial charge in [0.05, 0.1) is 11.6 Å². The Bertz CT molecular complexity index is 1100. The van der Waals surface area contributed by atoms with E-state index in [1.807, 2.05) is 37.3 Å². The number of aromatic carboxylic acids is 1. The summed E-state index contributed by atoms with van der Waals surface area (Å²) in [5.74, 6) is 0.387. The summed E-state index contributed by atoms with van der Waals surface area (Å²) in [7, 11) is 1.56. The number of hydrogen-bond acceptors (Lipinski definition) is 5. The molecule has 31 heavy (non-hydrogen) atoms. The lowest BCUT2D eigenvalue weighted by atomic mass is 10.0. The molecule has 3 rings (SSSR count). The molecule has 0 aromatic heterocycles. The summed E-state index contributed by atoms with van der Waals surface area (Å²) in [6, 6.07) is 13.3. The molecule has 6 nitrogen and oxygen atoms in total. The predicted molar refractivity (Wildman–Crippen MR) is 121 cm³/mol. The molecular formula is C24H23BrO6. The molecule has 0 amide bonds. The van der Waals surface area contributed by atoms with Crippen molar-refractivity contribution in [3.8, 4) is 28.7 Å². The summed E-state index contributed by atoms with van der Waals surface area (Å²) >= 11 is 3.42. The lowest BCUT2D eigenvalue weighted by Gasteiger charge is -2.19. The van der Waals surface area contributed by atoms with Crippen LogP contribution in [0, 0.1) is 20.8 Å². The summed E-state index contributed by atoms with van der Waals surface area (Å²) in [4.78, 5) is 11.5. The molecule has 0 unspecified atom stereocenters. The van der Waals surface area contributed by atoms with Crippen molar-refractivity contribution < 1.29 is 29.2 Å². The van der Waals surface area contributed by atoms with E-state index < -0.39 is 5.97 Å². The maximum absolute atomic E-state index is 11.5. The van der Waals surface area contributed by atoms with Crippen molar-refractivity contribution in [3.63, 3.8) is 0 Å². The van der Waals surface area contributed by atoms with Crippen LogP contribution in [0.15, 0.2) is 46.9 Å². The van der Waals surface area contributed by atoms with Crippen molar-refractivity contribution in [1.29, 1.82) is 0 Å². The van der Waals surface area contributed by atoms with Crippen LogP contribution in [0.4, 0.5) is 0 Å². The van der Waals surface area contributed by atoms with Gasteiger partial charge in [-0.05, 0) is 47.8 Å². The Labute approximate surface area is 189 Å². The van der Waals surface area contributed by atoms with Gasteiger partial charge in [0.25, 0.3) is 0 Å². The summed E-state index contributed by atoms with van der Waals surface area (Å²) in [5.41, 5.74) is 2.27. The van der Waals surface area contributed by atoms with E-state index in [2.05, 4.69) is 15.9 Å². The molecule has 0 aliphatic rings. The van der Waals surface area contributed by atoms with Crippen LogP contribution in [0.1, 0.15) is 32.6 Å². The maximum Gasteiger partial charge on any atom is 0.339 e. The molecule has 0 atom stereocenters. The summed E-state index contributed by atoms with van der Waals surface area (Å²) in [5, 5.41) is 19.9. The van der Waals surface area contributed by atoms with Gasteiger partial charge in [-0.3, -0.25) is 0 Å². The van der Waals surface area contributed by atoms with Crippen LogP contribution in [-0.2, 0) is 6.61 Å². The van der Waals surface area contributed by atoms with Gasteiger partial charge in [-0.25, -0.2) is 4.79 Å². The van der Waals surface area contributed by atoms with E-state index >= 15 is 0 Å². The Kier molecular flexibility index (Phi) is 6.75. The lowest BCUT2D eigenvalue weighted by Crippen LogP contribution is -2.05. The van der Waals surface area contributed by atoms with E-state index in [-0.39, 0.29) is 11.3 Å². The molecule has 0 bridgehead atoms. The number of hydrogen-bond donors (Lipinski definition) is 2. The molecule has 3 aromatic carbocycles. The van der Waals surface area contributed by atoms with E-state index in [1.54, 1.807) is 33.1 Å². The molecule has 162 valence electrons. The molecule has 0 spiro atoms. The Morgan fingerprint density at radius 2 is 1.65 bits per heavy atom. The minimum atomic E-state index is -1.21. The van der Waals surface area contributed by atoms with Crippen LogP contribution >= 0.6 is 15.9 Å². The first-order chi connectivity index (χ1) is 14.7. The maximum atomic E-state index is 11.5. The summed E-state index contributed by atoms with van der Waals surface area (Å²) < 4.78 is 18.0. The summed E-state index contributed by atoms with van der Waals surface area (Å²) in [6.07, 6.45) is 0. The van der Waals surface area contributed by atoms with E-state index in [1.165, 1.54) is 0 Å². The van der Waals surface area contributed by atoms with Crippen molar-refractivity contribution >= 4 is 21.9 Å². The number of phenols is 1. The van der Waals surface area contributed by atoms with Gasteiger partial charge in [-0.15, -0.1) is 0 Å². The van der Waals surface area contributed by atoms with Gasteiger partial charge < -0.3 is 24.4 Å². The molecule has 0 saturated carbocycles. The number of carbonyl (C=O) groups is 1. The van der Waals surface area contributed by atoms with E-state index in [0.717, 1.165) is 11.1 Å². The van der Waals surface area contributed by atoms with Crippen LogP contribution < -0.4 is 14.2 Å². The second kappa shape index (κ2) is 9.31. The highest BCUT2D eigenvalue weighted by Gasteiger charge is 2.24. The third kappa shape index (κ3) is 4.61. The van der Waals surface area contributed by atoms with Crippen molar-refractivity contribution in [2.45, 2.75) is 27.4 Å². The lowest BCUT2D eigenvalue weighted by molar-refractivity contribution is 0.0692. The number of rotatable bonds is 7. The fourth-order valence-electron chi connectivity index (χ4n) is 3.19. The smallest absolute Gasteiger partial charge is 0.339 e. The number of halogens is 1. The zero-order valence-corrected chi connectivity index (χ0v) is 19.2. The monoisotopic (exact) mass is 486 g/mol. The number of carboxylic acids is 1. The minimum absolute atomic E-state index is 0.161. The highest BCUT2D eigenvalue weighted by Crippen LogP contribution is 2.45. The number of benzene rings is 3. The van der Waals surface area contributed by atoms with Crippen LogP contribution in [0.2, 0.25) is 0 Å². The van der Waals surface area contributed by atoms with Crippen molar-refractivity contribution in [1.82, 2.24) is 0 Å². The van der Waals surface area contributed by atoms with Crippen molar-refractivity contribution in [2.24, 2.45) is 0 Å². The Balaban J connectivity index is 2.00. The largest absolute Gasteiger partial charge is 0.507 e. The molecule has 0 aliphatic heterocycles. The first-order valence-electron chi connectivity index (χ1n) is 9.52. The normalized spacial score (nSPS) is 10.6. The van der Waals surface area contributed by atoms with Gasteiger partial charge in [0.15, 0.2) is 0 Å². The molecule has 7 heteroatoms. The molecule has 0 saturated heterocycles. The quantitative estimate of drug-likeness (QED) is 0.415. The molecule has 0 radical (unpaired) electrons. The van der Waals surface area contributed by atoms with Crippen molar-refractivity contribution in [3.05, 3.63) is 74.8 Å². The molecule has 0 heterocycles. The number of aromatic hydroxyl groups is 1. The first kappa shape index (κ1) is 22.5. The number of carboxylic acid groups (broad SMARTS) is 1. The molecule has 0 aliphatic carbocycles. The minimum Gasteiger partial charge on any atom is -0.507 e. The molecular weight excluding hydrogens is 464 g/mol. The van der Waals surface area contributed by atoms with E-state index in [0.29, 0.717) is 45.2 Å². The zero-order valence-electron chi connectivity index (χ0n) is 17.7. The Morgan fingerprint density at radius 3 is 2.26 bits per heavy atom. The average Bonchev–Trinajstić information content (AvgIpc) is 2.76. The summed E-state index contributed by atoms with van der Waals surface area (Å²) in [6.45, 7) is 5.43. The topological polar surface area (TPSA) is 85.2 Å². The SMILES string of the molecule is COc1cc(OCc2ccccc2)cc(Oc2c(C)c(O)c(C(=O)O)c(C)c2Br)c1C. The van der Waals surface area contributed by atoms with E-state index in [9.17, 15) is 15.0 Å². The molecule has 0 fully saturated rings. The van der Waals surface area contributed by atoms with Gasteiger partial charge in [0, 0.05) is 23.3 Å². The first-order valence-corrected chi connectivity index (χ1v) is 10.3. The molecule has 3 aromatic rings. The van der Waals surface area contributed by atoms with Crippen LogP contribution in [0.3, 0.4) is 0 Å². The fraction of sp³-hybridized carbons (Fsp3) is 0.208. The second-order valence-corrected chi connectivity index (χ2v) is 7.84. The van der Waals surface area contributed by atoms with Gasteiger partial charge in [-0.1, -0.05) is 30.3 Å². The second-order valence-electron chi connectivity index (χ2n) is 7.05. The zero-order chi connectivity index (χ0) is 22.7. The fourth-order valence-corrected chi connectivity index (χ4v) is 3.77. The highest BCUT2D eigenvalue weighted by molar-refractivity contribution is 9.10. The highest BCUT2D eigenvalue weighted by atomic mass is 79.9. The van der Waals surface area contributed by atoms with Crippen LogP contribution in [-0.4, -0.2) is 23.3 Å². The standard InChI is InChI=1S/C24H23BrO6/c1-13-18(29-4)10-17(30-12-16-8-6-5-7-9-16)11-19(13)31-23-15(3)22(26)20(24(27)28)14(2)21(23)25/h5-11,26H,12H2,1-4H3,(H,27,28). The third-order valence-corrected chi connectivity index (χ3v) is 5.97. The van der Waals surface area contributed by atoms with Gasteiger partial charge in [-0.2, -0.15) is 0 Å². The van der Waals surface area contributed by atoms with E-state index in [4.69, 9.17) is 14.2 Å². The number of ether oxygens (including phenoxy) is 3. The van der Waals surface area contributed by atoms with Gasteiger partial charge in [0.1, 0.15) is 40.9 Å². The van der Waals surface area contributed by atoms with Crippen molar-refractivity contribution in [2.75, 3.05) is 7.11 Å². The number of methoxy groups -OCH3 is 1. The Hall–Kier alpha value is -3.19. The van der Waals surface area contributed by atoms with Crippen LogP contribution in [0.25, 0.3) is 0 Å². The Morgan fingerprint density at radius 1 is 1.00 bits per heavy atom. The average molecular weight is 487 g/mol. The predicted octanol–water partition coefficient (Wildman–Crippen LogP) is 6.16. The third-order valence-electron chi connectivity index (χ3n) is 5.02. The molecule has 2 N–H and O–H groups in total. The van der Waals surface area contributed by atoms with Gasteiger partial charge >= 0.3 is 5.97 Å².